The van der Waals surface area contributed by atoms with E-state index in [1.54, 1.807) is 12.1 Å². The molecule has 0 spiro atoms. The highest BCUT2D eigenvalue weighted by molar-refractivity contribution is 5.32. The third-order valence-electron chi connectivity index (χ3n) is 3.90. The van der Waals surface area contributed by atoms with Gasteiger partial charge in [-0.2, -0.15) is 0 Å². The van der Waals surface area contributed by atoms with Crippen molar-refractivity contribution in [3.63, 3.8) is 0 Å². The number of nitrogens with one attached hydrogen (secondary N) is 1. The Morgan fingerprint density at radius 2 is 2.06 bits per heavy atom. The summed E-state index contributed by atoms with van der Waals surface area (Å²) in [6, 6.07) is 7.43. The van der Waals surface area contributed by atoms with E-state index in [9.17, 15) is 10.1 Å². The Morgan fingerprint density at radius 3 is 2.67 bits per heavy atom. The molecule has 1 aliphatic rings. The summed E-state index contributed by atoms with van der Waals surface area (Å²) in [6.07, 6.45) is 5.13. The molecule has 1 aromatic carbocycles. The summed E-state index contributed by atoms with van der Waals surface area (Å²) >= 11 is 0. The summed E-state index contributed by atoms with van der Waals surface area (Å²) in [5.41, 5.74) is 1.27. The maximum absolute atomic E-state index is 10.6. The van der Waals surface area contributed by atoms with Crippen LogP contribution in [0.4, 0.5) is 5.69 Å². The number of hydrogen-bond donors (Lipinski definition) is 1. The number of nitro benzene ring substituents is 1. The molecule has 0 aliphatic heterocycles. The first-order chi connectivity index (χ1) is 8.70. The minimum atomic E-state index is -0.360. The lowest BCUT2D eigenvalue weighted by Gasteiger charge is -2.19. The second-order valence-corrected chi connectivity index (χ2v) is 5.01. The summed E-state index contributed by atoms with van der Waals surface area (Å²) in [7, 11) is 0. The lowest BCUT2D eigenvalue weighted by atomic mass is 10.0. The lowest BCUT2D eigenvalue weighted by Crippen LogP contribution is -2.31. The predicted octanol–water partition coefficient (Wildman–Crippen LogP) is 3.26. The molecule has 2 rings (SSSR count). The van der Waals surface area contributed by atoms with Gasteiger partial charge in [0.1, 0.15) is 0 Å². The van der Waals surface area contributed by atoms with Crippen molar-refractivity contribution >= 4 is 5.69 Å². The van der Waals surface area contributed by atoms with Gasteiger partial charge >= 0.3 is 0 Å². The molecular formula is C14H20N2O2. The van der Waals surface area contributed by atoms with Crippen LogP contribution in [0.2, 0.25) is 0 Å². The van der Waals surface area contributed by atoms with Crippen molar-refractivity contribution in [3.8, 4) is 0 Å². The number of non-ortho nitro benzene ring substituents is 1. The van der Waals surface area contributed by atoms with Gasteiger partial charge in [-0.05, 0) is 24.3 Å². The molecular weight excluding hydrogens is 228 g/mol. The minimum absolute atomic E-state index is 0.158. The van der Waals surface area contributed by atoms with Crippen LogP contribution in [0.15, 0.2) is 24.3 Å². The van der Waals surface area contributed by atoms with E-state index in [2.05, 4.69) is 12.2 Å². The van der Waals surface area contributed by atoms with Gasteiger partial charge in [-0.15, -0.1) is 0 Å². The Kier molecular flexibility index (Phi) is 4.31. The van der Waals surface area contributed by atoms with E-state index in [1.807, 2.05) is 12.1 Å². The zero-order valence-electron chi connectivity index (χ0n) is 10.8. The van der Waals surface area contributed by atoms with Crippen molar-refractivity contribution < 1.29 is 4.92 Å². The smallest absolute Gasteiger partial charge is 0.269 e. The number of hydrogen-bond acceptors (Lipinski definition) is 3. The second-order valence-electron chi connectivity index (χ2n) is 5.01. The molecule has 1 fully saturated rings. The van der Waals surface area contributed by atoms with Gasteiger partial charge in [0.2, 0.25) is 0 Å². The van der Waals surface area contributed by atoms with Crippen LogP contribution in [0.5, 0.6) is 0 Å². The van der Waals surface area contributed by atoms with E-state index in [4.69, 9.17) is 0 Å². The molecule has 1 saturated carbocycles. The fourth-order valence-electron chi connectivity index (χ4n) is 2.78. The number of nitro groups is 1. The average Bonchev–Trinajstić information content (AvgIpc) is 2.84. The molecule has 0 radical (unpaired) electrons. The van der Waals surface area contributed by atoms with Crippen LogP contribution in [-0.2, 0) is 6.54 Å². The maximum Gasteiger partial charge on any atom is 0.269 e. The molecule has 1 aromatic rings. The van der Waals surface area contributed by atoms with Gasteiger partial charge in [0, 0.05) is 24.7 Å². The molecule has 18 heavy (non-hydrogen) atoms. The zero-order valence-corrected chi connectivity index (χ0v) is 10.8. The molecule has 1 aliphatic carbocycles. The highest BCUT2D eigenvalue weighted by atomic mass is 16.6. The second kappa shape index (κ2) is 5.96. The van der Waals surface area contributed by atoms with Crippen LogP contribution in [0.25, 0.3) is 0 Å². The Morgan fingerprint density at radius 1 is 1.33 bits per heavy atom. The molecule has 1 N–H and O–H groups in total. The first kappa shape index (κ1) is 13.0. The van der Waals surface area contributed by atoms with Crippen LogP contribution in [-0.4, -0.2) is 11.0 Å². The highest BCUT2D eigenvalue weighted by Crippen LogP contribution is 2.28. The van der Waals surface area contributed by atoms with Crippen molar-refractivity contribution in [2.75, 3.05) is 0 Å². The maximum atomic E-state index is 10.6. The van der Waals surface area contributed by atoms with Crippen molar-refractivity contribution in [2.45, 2.75) is 45.2 Å². The summed E-state index contributed by atoms with van der Waals surface area (Å²) in [5.74, 6) is 0.794. The van der Waals surface area contributed by atoms with E-state index in [1.165, 1.54) is 25.7 Å². The third-order valence-corrected chi connectivity index (χ3v) is 3.90. The standard InChI is InChI=1S/C14H20N2O2/c1-2-12-4-3-5-14(12)15-10-11-6-8-13(9-7-11)16(17)18/h6-9,12,14-15H,2-5,10H2,1H3. The summed E-state index contributed by atoms with van der Waals surface area (Å²) in [6.45, 7) is 3.05. The predicted molar refractivity (Wildman–Crippen MR) is 71.4 cm³/mol. The van der Waals surface area contributed by atoms with Crippen LogP contribution in [0.1, 0.15) is 38.2 Å². The zero-order chi connectivity index (χ0) is 13.0. The van der Waals surface area contributed by atoms with Crippen LogP contribution < -0.4 is 5.32 Å². The molecule has 2 unspecified atom stereocenters. The van der Waals surface area contributed by atoms with Gasteiger partial charge in [-0.25, -0.2) is 0 Å². The van der Waals surface area contributed by atoms with E-state index in [0.717, 1.165) is 18.0 Å². The molecule has 0 amide bonds. The SMILES string of the molecule is CCC1CCCC1NCc1ccc([N+](=O)[O-])cc1. The monoisotopic (exact) mass is 248 g/mol. The Bertz CT molecular complexity index is 403. The third kappa shape index (κ3) is 3.07. The van der Waals surface area contributed by atoms with E-state index < -0.39 is 0 Å². The Hall–Kier alpha value is -1.42. The van der Waals surface area contributed by atoms with Gasteiger partial charge in [0.15, 0.2) is 0 Å². The molecule has 4 nitrogen and oxygen atoms in total. The van der Waals surface area contributed by atoms with Crippen LogP contribution in [0.3, 0.4) is 0 Å². The normalized spacial score (nSPS) is 23.2. The van der Waals surface area contributed by atoms with Gasteiger partial charge in [-0.3, -0.25) is 10.1 Å². The van der Waals surface area contributed by atoms with Crippen molar-refractivity contribution in [3.05, 3.63) is 39.9 Å². The number of benzene rings is 1. The summed E-state index contributed by atoms with van der Waals surface area (Å²) in [5, 5.41) is 14.1. The van der Waals surface area contributed by atoms with Gasteiger partial charge in [0.05, 0.1) is 4.92 Å². The van der Waals surface area contributed by atoms with Crippen molar-refractivity contribution in [1.82, 2.24) is 5.32 Å². The van der Waals surface area contributed by atoms with E-state index >= 15 is 0 Å². The topological polar surface area (TPSA) is 55.2 Å². The fraction of sp³-hybridized carbons (Fsp3) is 0.571. The van der Waals surface area contributed by atoms with Gasteiger partial charge in [0.25, 0.3) is 5.69 Å². The number of nitrogens with zero attached hydrogens (tertiary/aromatic N) is 1. The molecule has 2 atom stereocenters. The lowest BCUT2D eigenvalue weighted by molar-refractivity contribution is -0.384. The van der Waals surface area contributed by atoms with Gasteiger partial charge in [-0.1, -0.05) is 31.9 Å². The van der Waals surface area contributed by atoms with Crippen LogP contribution >= 0.6 is 0 Å². The quantitative estimate of drug-likeness (QED) is 0.642. The molecule has 0 saturated heterocycles. The highest BCUT2D eigenvalue weighted by Gasteiger charge is 2.24. The molecule has 0 bridgehead atoms. The number of rotatable bonds is 5. The Balaban J connectivity index is 1.88. The largest absolute Gasteiger partial charge is 0.310 e. The minimum Gasteiger partial charge on any atom is -0.310 e. The van der Waals surface area contributed by atoms with Gasteiger partial charge < -0.3 is 5.32 Å². The van der Waals surface area contributed by atoms with E-state index in [0.29, 0.717) is 6.04 Å². The molecule has 98 valence electrons. The average molecular weight is 248 g/mol. The first-order valence-electron chi connectivity index (χ1n) is 6.67. The Labute approximate surface area is 108 Å². The summed E-state index contributed by atoms with van der Waals surface area (Å²) < 4.78 is 0. The van der Waals surface area contributed by atoms with E-state index in [-0.39, 0.29) is 10.6 Å². The fourth-order valence-corrected chi connectivity index (χ4v) is 2.78. The van der Waals surface area contributed by atoms with Crippen molar-refractivity contribution in [2.24, 2.45) is 5.92 Å². The molecule has 0 aromatic heterocycles. The molecule has 0 heterocycles. The summed E-state index contributed by atoms with van der Waals surface area (Å²) in [4.78, 5) is 10.2. The first-order valence-corrected chi connectivity index (χ1v) is 6.67. The van der Waals surface area contributed by atoms with Crippen molar-refractivity contribution in [1.29, 1.82) is 0 Å². The van der Waals surface area contributed by atoms with Crippen LogP contribution in [0, 0.1) is 16.0 Å². The molecule has 4 heteroatoms.